The van der Waals surface area contributed by atoms with Crippen LogP contribution in [0.25, 0.3) is 22.2 Å². The van der Waals surface area contributed by atoms with Gasteiger partial charge in [-0.1, -0.05) is 59.1 Å². The molecule has 0 radical (unpaired) electrons. The minimum absolute atomic E-state index is 0.800. The number of hydrogen-bond donors (Lipinski definition) is 0. The van der Waals surface area contributed by atoms with Crippen molar-refractivity contribution in [3.05, 3.63) is 60.3 Å². The zero-order chi connectivity index (χ0) is 20.9. The van der Waals surface area contributed by atoms with E-state index in [0.717, 1.165) is 79.8 Å². The Kier molecular flexibility index (Phi) is 6.52. The van der Waals surface area contributed by atoms with Gasteiger partial charge < -0.3 is 8.83 Å². The number of thioether (sulfide) groups is 2. The van der Waals surface area contributed by atoms with Gasteiger partial charge >= 0.3 is 0 Å². The second-order valence-corrected chi connectivity index (χ2v) is 10.6. The van der Waals surface area contributed by atoms with E-state index in [4.69, 9.17) is 8.83 Å². The number of oxazole rings is 2. The minimum Gasteiger partial charge on any atom is -0.441 e. The van der Waals surface area contributed by atoms with Gasteiger partial charge in [-0.2, -0.15) is 0 Å². The quantitative estimate of drug-likeness (QED) is 0.175. The molecule has 0 atom stereocenters. The fraction of sp³-hybridized carbons (Fsp3) is 0.273. The molecule has 0 unspecified atom stereocenters. The largest absolute Gasteiger partial charge is 0.441 e. The lowest BCUT2D eigenvalue weighted by molar-refractivity contribution is 0.526. The molecule has 0 aliphatic heterocycles. The predicted molar refractivity (Wildman–Crippen MR) is 126 cm³/mol. The molecule has 0 bridgehead atoms. The average molecular weight is 469 g/mol. The molecule has 3 heterocycles. The second kappa shape index (κ2) is 9.84. The minimum atomic E-state index is 0.800. The fourth-order valence-electron chi connectivity index (χ4n) is 3.13. The van der Waals surface area contributed by atoms with Gasteiger partial charge in [0.1, 0.15) is 11.0 Å². The first-order valence-corrected chi connectivity index (χ1v) is 12.9. The van der Waals surface area contributed by atoms with E-state index in [1.807, 2.05) is 48.5 Å². The Morgan fingerprint density at radius 3 is 1.65 bits per heavy atom. The lowest BCUT2D eigenvalue weighted by Gasteiger charge is -1.96. The van der Waals surface area contributed by atoms with E-state index in [0.29, 0.717) is 0 Å². The summed E-state index contributed by atoms with van der Waals surface area (Å²) in [6.45, 7) is 0. The lowest BCUT2D eigenvalue weighted by atomic mass is 10.3. The van der Waals surface area contributed by atoms with E-state index in [1.165, 1.54) is 0 Å². The van der Waals surface area contributed by atoms with Crippen LogP contribution in [0.2, 0.25) is 0 Å². The highest BCUT2D eigenvalue weighted by Crippen LogP contribution is 2.30. The third-order valence-electron chi connectivity index (χ3n) is 4.59. The molecule has 2 aromatic carbocycles. The number of fused-ring (bicyclic) bond motifs is 2. The van der Waals surface area contributed by atoms with Crippen LogP contribution in [0.5, 0.6) is 0 Å². The van der Waals surface area contributed by atoms with Crippen LogP contribution in [-0.2, 0) is 12.8 Å². The van der Waals surface area contributed by atoms with Crippen LogP contribution in [0, 0.1) is 0 Å². The number of aryl methyl sites for hydroxylation is 2. The number of benzene rings is 2. The van der Waals surface area contributed by atoms with Crippen LogP contribution in [0.15, 0.2) is 66.0 Å². The molecular weight excluding hydrogens is 448 g/mol. The van der Waals surface area contributed by atoms with Crippen LogP contribution in [0.3, 0.4) is 0 Å². The summed E-state index contributed by atoms with van der Waals surface area (Å²) in [6.07, 6.45) is 3.64. The van der Waals surface area contributed by atoms with Crippen LogP contribution in [0.1, 0.15) is 24.6 Å². The Bertz CT molecular complexity index is 1120. The molecule has 5 aromatic rings. The maximum Gasteiger partial charge on any atom is 0.195 e. The molecule has 6 nitrogen and oxygen atoms in total. The van der Waals surface area contributed by atoms with Crippen molar-refractivity contribution in [2.45, 2.75) is 34.4 Å². The molecule has 0 saturated carbocycles. The summed E-state index contributed by atoms with van der Waals surface area (Å²) in [5.41, 5.74) is 3.55. The first kappa shape index (κ1) is 20.5. The standard InChI is InChI=1S/C22H20N4O2S3/c1-3-9-17-15(7-1)23-19(27-17)11-5-13-29-21-25-26-22(31-21)30-14-6-12-20-24-16-8-2-4-10-18(16)28-20/h1-4,7-10H,5-6,11-14H2. The SMILES string of the molecule is c1ccc2oc(CCCSc3nnc(SCCCc4nc5ccccc5o4)s3)nc2c1. The third kappa shape index (κ3) is 5.28. The normalized spacial score (nSPS) is 11.6. The van der Waals surface area contributed by atoms with E-state index < -0.39 is 0 Å². The van der Waals surface area contributed by atoms with Crippen molar-refractivity contribution < 1.29 is 8.83 Å². The summed E-state index contributed by atoms with van der Waals surface area (Å²) >= 11 is 5.14. The van der Waals surface area contributed by atoms with Crippen molar-refractivity contribution >= 4 is 57.1 Å². The molecule has 0 aliphatic rings. The number of para-hydroxylation sites is 4. The van der Waals surface area contributed by atoms with Crippen LogP contribution < -0.4 is 0 Å². The van der Waals surface area contributed by atoms with Crippen molar-refractivity contribution in [2.75, 3.05) is 11.5 Å². The Labute approximate surface area is 191 Å². The molecule has 31 heavy (non-hydrogen) atoms. The number of rotatable bonds is 10. The van der Waals surface area contributed by atoms with E-state index in [2.05, 4.69) is 20.2 Å². The molecule has 9 heteroatoms. The molecule has 0 N–H and O–H groups in total. The Balaban J connectivity index is 1.02. The molecule has 0 aliphatic carbocycles. The van der Waals surface area contributed by atoms with Crippen molar-refractivity contribution in [3.8, 4) is 0 Å². The zero-order valence-electron chi connectivity index (χ0n) is 16.7. The van der Waals surface area contributed by atoms with E-state index in [9.17, 15) is 0 Å². The summed E-state index contributed by atoms with van der Waals surface area (Å²) in [6, 6.07) is 15.7. The Morgan fingerprint density at radius 1 is 0.677 bits per heavy atom. The van der Waals surface area contributed by atoms with Crippen molar-refractivity contribution in [1.29, 1.82) is 0 Å². The zero-order valence-corrected chi connectivity index (χ0v) is 19.1. The van der Waals surface area contributed by atoms with Crippen molar-refractivity contribution in [2.24, 2.45) is 0 Å². The van der Waals surface area contributed by atoms with Crippen molar-refractivity contribution in [1.82, 2.24) is 20.2 Å². The van der Waals surface area contributed by atoms with Gasteiger partial charge in [0.25, 0.3) is 0 Å². The molecule has 0 amide bonds. The maximum atomic E-state index is 5.77. The second-order valence-electron chi connectivity index (χ2n) is 6.89. The molecule has 5 rings (SSSR count). The van der Waals surface area contributed by atoms with Gasteiger partial charge in [-0.25, -0.2) is 9.97 Å². The molecule has 158 valence electrons. The first-order chi connectivity index (χ1) is 15.3. The molecule has 3 aromatic heterocycles. The molecule has 0 fully saturated rings. The summed E-state index contributed by atoms with van der Waals surface area (Å²) in [7, 11) is 0. The molecule has 0 spiro atoms. The summed E-state index contributed by atoms with van der Waals surface area (Å²) in [5, 5.41) is 8.60. The maximum absolute atomic E-state index is 5.77. The highest BCUT2D eigenvalue weighted by atomic mass is 32.2. The highest BCUT2D eigenvalue weighted by molar-refractivity contribution is 8.03. The van der Waals surface area contributed by atoms with Gasteiger partial charge in [0, 0.05) is 24.3 Å². The van der Waals surface area contributed by atoms with Gasteiger partial charge in [-0.3, -0.25) is 0 Å². The fourth-order valence-corrected chi connectivity index (χ4v) is 6.17. The number of nitrogens with zero attached hydrogens (tertiary/aromatic N) is 4. The monoisotopic (exact) mass is 468 g/mol. The van der Waals surface area contributed by atoms with E-state index in [-0.39, 0.29) is 0 Å². The van der Waals surface area contributed by atoms with Gasteiger partial charge in [0.15, 0.2) is 31.6 Å². The topological polar surface area (TPSA) is 77.8 Å². The third-order valence-corrected chi connectivity index (χ3v) is 7.95. The van der Waals surface area contributed by atoms with Crippen LogP contribution in [0.4, 0.5) is 0 Å². The van der Waals surface area contributed by atoms with E-state index in [1.54, 1.807) is 34.9 Å². The van der Waals surface area contributed by atoms with Gasteiger partial charge in [0.05, 0.1) is 0 Å². The van der Waals surface area contributed by atoms with Crippen LogP contribution >= 0.6 is 34.9 Å². The van der Waals surface area contributed by atoms with Gasteiger partial charge in [-0.15, -0.1) is 10.2 Å². The summed E-state index contributed by atoms with van der Waals surface area (Å²) in [5.74, 6) is 3.54. The molecule has 0 saturated heterocycles. The number of aromatic nitrogens is 4. The van der Waals surface area contributed by atoms with Crippen molar-refractivity contribution in [3.63, 3.8) is 0 Å². The van der Waals surface area contributed by atoms with Gasteiger partial charge in [-0.05, 0) is 37.1 Å². The molecular formula is C22H20N4O2S3. The highest BCUT2D eigenvalue weighted by Gasteiger charge is 2.09. The predicted octanol–water partition coefficient (Wildman–Crippen LogP) is 6.27. The first-order valence-electron chi connectivity index (χ1n) is 10.1. The lowest BCUT2D eigenvalue weighted by Crippen LogP contribution is -1.87. The summed E-state index contributed by atoms with van der Waals surface area (Å²) < 4.78 is 13.6. The number of hydrogen-bond acceptors (Lipinski definition) is 9. The summed E-state index contributed by atoms with van der Waals surface area (Å²) in [4.78, 5) is 9.04. The van der Waals surface area contributed by atoms with Gasteiger partial charge in [0.2, 0.25) is 0 Å². The van der Waals surface area contributed by atoms with E-state index >= 15 is 0 Å². The van der Waals surface area contributed by atoms with Crippen LogP contribution in [-0.4, -0.2) is 31.7 Å². The smallest absolute Gasteiger partial charge is 0.195 e. The Morgan fingerprint density at radius 2 is 1.16 bits per heavy atom. The average Bonchev–Trinajstić information content (AvgIpc) is 3.51. The Hall–Kier alpha value is -2.36.